The van der Waals surface area contributed by atoms with E-state index in [4.69, 9.17) is 4.74 Å². The second-order valence-corrected chi connectivity index (χ2v) is 7.70. The number of rotatable bonds is 10. The molecule has 0 unspecified atom stereocenters. The number of ether oxygens (including phenoxy) is 1. The molecule has 172 valence electrons. The van der Waals surface area contributed by atoms with Gasteiger partial charge in [-0.25, -0.2) is 0 Å². The highest BCUT2D eigenvalue weighted by molar-refractivity contribution is 6.07. The molecular formula is C27H31N3O3. The summed E-state index contributed by atoms with van der Waals surface area (Å²) < 4.78 is 5.79. The SMILES string of the molecule is CCN(CC)CCOc1ccc(NC(=O)c2ccc(C)c(NC(=O)c3ccccc3)c2)cc1. The fourth-order valence-corrected chi connectivity index (χ4v) is 3.35. The maximum Gasteiger partial charge on any atom is 0.255 e. The van der Waals surface area contributed by atoms with Gasteiger partial charge in [-0.3, -0.25) is 9.59 Å². The van der Waals surface area contributed by atoms with Gasteiger partial charge in [0.15, 0.2) is 0 Å². The van der Waals surface area contributed by atoms with Gasteiger partial charge in [-0.05, 0) is 74.1 Å². The largest absolute Gasteiger partial charge is 0.492 e. The molecule has 0 bridgehead atoms. The van der Waals surface area contributed by atoms with Gasteiger partial charge in [-0.15, -0.1) is 0 Å². The second kappa shape index (κ2) is 11.8. The maximum absolute atomic E-state index is 12.8. The number of anilines is 2. The predicted molar refractivity (Wildman–Crippen MR) is 133 cm³/mol. The molecule has 6 heteroatoms. The molecule has 0 aliphatic carbocycles. The van der Waals surface area contributed by atoms with Gasteiger partial charge in [0.2, 0.25) is 0 Å². The Morgan fingerprint density at radius 2 is 1.48 bits per heavy atom. The van der Waals surface area contributed by atoms with Crippen LogP contribution in [-0.2, 0) is 0 Å². The van der Waals surface area contributed by atoms with Crippen molar-refractivity contribution in [1.82, 2.24) is 4.90 Å². The van der Waals surface area contributed by atoms with Crippen LogP contribution in [0.1, 0.15) is 40.1 Å². The zero-order chi connectivity index (χ0) is 23.6. The van der Waals surface area contributed by atoms with Crippen molar-refractivity contribution in [3.8, 4) is 5.75 Å². The Labute approximate surface area is 195 Å². The van der Waals surface area contributed by atoms with Crippen molar-refractivity contribution in [2.45, 2.75) is 20.8 Å². The molecule has 3 rings (SSSR count). The minimum absolute atomic E-state index is 0.215. The number of benzene rings is 3. The molecule has 0 atom stereocenters. The first kappa shape index (κ1) is 24.0. The molecule has 0 spiro atoms. The lowest BCUT2D eigenvalue weighted by Gasteiger charge is -2.18. The number of hydrogen-bond donors (Lipinski definition) is 2. The highest BCUT2D eigenvalue weighted by Crippen LogP contribution is 2.20. The van der Waals surface area contributed by atoms with Crippen molar-refractivity contribution < 1.29 is 14.3 Å². The lowest BCUT2D eigenvalue weighted by molar-refractivity contribution is 0.101. The van der Waals surface area contributed by atoms with Crippen molar-refractivity contribution in [2.75, 3.05) is 36.9 Å². The summed E-state index contributed by atoms with van der Waals surface area (Å²) in [5, 5.41) is 5.78. The summed E-state index contributed by atoms with van der Waals surface area (Å²) in [6.45, 7) is 9.66. The molecule has 2 amide bonds. The van der Waals surface area contributed by atoms with E-state index in [9.17, 15) is 9.59 Å². The summed E-state index contributed by atoms with van der Waals surface area (Å²) in [5.41, 5.74) is 3.18. The fraction of sp³-hybridized carbons (Fsp3) is 0.259. The molecule has 0 heterocycles. The predicted octanol–water partition coefficient (Wildman–Crippen LogP) is 5.22. The van der Waals surface area contributed by atoms with E-state index >= 15 is 0 Å². The number of likely N-dealkylation sites (N-methyl/N-ethyl adjacent to an activating group) is 1. The zero-order valence-electron chi connectivity index (χ0n) is 19.4. The van der Waals surface area contributed by atoms with E-state index in [1.807, 2.05) is 55.5 Å². The van der Waals surface area contributed by atoms with Gasteiger partial charge in [0, 0.05) is 29.0 Å². The summed E-state index contributed by atoms with van der Waals surface area (Å²) in [6, 6.07) is 21.6. The Hall–Kier alpha value is -3.64. The summed E-state index contributed by atoms with van der Waals surface area (Å²) in [7, 11) is 0. The fourth-order valence-electron chi connectivity index (χ4n) is 3.35. The van der Waals surface area contributed by atoms with Gasteiger partial charge in [0.05, 0.1) is 0 Å². The Morgan fingerprint density at radius 1 is 0.818 bits per heavy atom. The Morgan fingerprint density at radius 3 is 2.15 bits per heavy atom. The molecule has 0 saturated heterocycles. The standard InChI is InChI=1S/C27H31N3O3/c1-4-30(5-2)17-18-33-24-15-13-23(14-16-24)28-27(32)22-12-11-20(3)25(19-22)29-26(31)21-9-7-6-8-10-21/h6-16,19H,4-5,17-18H2,1-3H3,(H,28,32)(H,29,31). The highest BCUT2D eigenvalue weighted by atomic mass is 16.5. The first-order chi connectivity index (χ1) is 16.0. The third kappa shape index (κ3) is 6.92. The van der Waals surface area contributed by atoms with Crippen LogP contribution in [0, 0.1) is 6.92 Å². The van der Waals surface area contributed by atoms with Crippen LogP contribution in [0.5, 0.6) is 5.75 Å². The van der Waals surface area contributed by atoms with Gasteiger partial charge in [-0.1, -0.05) is 38.1 Å². The van der Waals surface area contributed by atoms with Crippen LogP contribution in [0.25, 0.3) is 0 Å². The van der Waals surface area contributed by atoms with Gasteiger partial charge >= 0.3 is 0 Å². The summed E-state index contributed by atoms with van der Waals surface area (Å²) in [5.74, 6) is 0.301. The number of carbonyl (C=O) groups excluding carboxylic acids is 2. The smallest absolute Gasteiger partial charge is 0.255 e. The minimum atomic E-state index is -0.250. The average Bonchev–Trinajstić information content (AvgIpc) is 2.84. The molecule has 2 N–H and O–H groups in total. The number of aryl methyl sites for hydroxylation is 1. The topological polar surface area (TPSA) is 70.7 Å². The average molecular weight is 446 g/mol. The quantitative estimate of drug-likeness (QED) is 0.449. The molecule has 6 nitrogen and oxygen atoms in total. The zero-order valence-corrected chi connectivity index (χ0v) is 19.4. The summed E-state index contributed by atoms with van der Waals surface area (Å²) >= 11 is 0. The van der Waals surface area contributed by atoms with Crippen LogP contribution in [0.2, 0.25) is 0 Å². The van der Waals surface area contributed by atoms with E-state index in [0.717, 1.165) is 30.9 Å². The first-order valence-electron chi connectivity index (χ1n) is 11.2. The van der Waals surface area contributed by atoms with E-state index in [0.29, 0.717) is 29.1 Å². The molecule has 0 fully saturated rings. The van der Waals surface area contributed by atoms with Crippen molar-refractivity contribution in [3.63, 3.8) is 0 Å². The first-order valence-corrected chi connectivity index (χ1v) is 11.2. The third-order valence-corrected chi connectivity index (χ3v) is 5.47. The molecule has 0 aliphatic heterocycles. The lowest BCUT2D eigenvalue weighted by Crippen LogP contribution is -2.27. The number of carbonyl (C=O) groups is 2. The molecule has 3 aromatic rings. The van der Waals surface area contributed by atoms with Gasteiger partial charge in [-0.2, -0.15) is 0 Å². The number of amides is 2. The van der Waals surface area contributed by atoms with Gasteiger partial charge in [0.25, 0.3) is 11.8 Å². The van der Waals surface area contributed by atoms with E-state index in [-0.39, 0.29) is 11.8 Å². The van der Waals surface area contributed by atoms with Gasteiger partial charge < -0.3 is 20.3 Å². The molecule has 0 saturated carbocycles. The van der Waals surface area contributed by atoms with Crippen LogP contribution < -0.4 is 15.4 Å². The summed E-state index contributed by atoms with van der Waals surface area (Å²) in [6.07, 6.45) is 0. The van der Waals surface area contributed by atoms with Crippen molar-refractivity contribution in [1.29, 1.82) is 0 Å². The van der Waals surface area contributed by atoms with Crippen molar-refractivity contribution in [2.24, 2.45) is 0 Å². The van der Waals surface area contributed by atoms with Gasteiger partial charge in [0.1, 0.15) is 12.4 Å². The third-order valence-electron chi connectivity index (χ3n) is 5.47. The van der Waals surface area contributed by atoms with E-state index in [1.165, 1.54) is 0 Å². The molecule has 3 aromatic carbocycles. The molecule has 33 heavy (non-hydrogen) atoms. The Kier molecular flexibility index (Phi) is 8.61. The molecule has 0 radical (unpaired) electrons. The van der Waals surface area contributed by atoms with Crippen LogP contribution in [0.15, 0.2) is 72.8 Å². The number of hydrogen-bond acceptors (Lipinski definition) is 4. The monoisotopic (exact) mass is 445 g/mol. The molecular weight excluding hydrogens is 414 g/mol. The number of nitrogens with one attached hydrogen (secondary N) is 2. The van der Waals surface area contributed by atoms with Crippen LogP contribution in [0.4, 0.5) is 11.4 Å². The lowest BCUT2D eigenvalue weighted by atomic mass is 10.1. The Balaban J connectivity index is 1.60. The second-order valence-electron chi connectivity index (χ2n) is 7.70. The van der Waals surface area contributed by atoms with Crippen molar-refractivity contribution >= 4 is 23.2 Å². The minimum Gasteiger partial charge on any atom is -0.492 e. The summed E-state index contributed by atoms with van der Waals surface area (Å²) in [4.78, 5) is 27.6. The van der Waals surface area contributed by atoms with E-state index < -0.39 is 0 Å². The maximum atomic E-state index is 12.8. The highest BCUT2D eigenvalue weighted by Gasteiger charge is 2.12. The normalized spacial score (nSPS) is 10.7. The number of nitrogens with zero attached hydrogens (tertiary/aromatic N) is 1. The van der Waals surface area contributed by atoms with Crippen LogP contribution in [0.3, 0.4) is 0 Å². The van der Waals surface area contributed by atoms with Crippen LogP contribution >= 0.6 is 0 Å². The molecule has 0 aromatic heterocycles. The van der Waals surface area contributed by atoms with Crippen molar-refractivity contribution in [3.05, 3.63) is 89.5 Å². The molecule has 0 aliphatic rings. The van der Waals surface area contributed by atoms with E-state index in [2.05, 4.69) is 29.4 Å². The van der Waals surface area contributed by atoms with Crippen LogP contribution in [-0.4, -0.2) is 43.0 Å². The van der Waals surface area contributed by atoms with E-state index in [1.54, 1.807) is 24.3 Å². The Bertz CT molecular complexity index is 1060.